The average Bonchev–Trinajstić information content (AvgIpc) is 2.56. The number of hydrogen-bond donors (Lipinski definition) is 2. The summed E-state index contributed by atoms with van der Waals surface area (Å²) in [6.45, 7) is 2.66. The topological polar surface area (TPSA) is 62.8 Å². The molecule has 1 heterocycles. The lowest BCUT2D eigenvalue weighted by molar-refractivity contribution is -0.122. The van der Waals surface area contributed by atoms with Crippen molar-refractivity contribution in [2.24, 2.45) is 0 Å². The zero-order chi connectivity index (χ0) is 16.7. The van der Waals surface area contributed by atoms with Gasteiger partial charge in [-0.2, -0.15) is 0 Å². The van der Waals surface area contributed by atoms with Gasteiger partial charge in [-0.25, -0.2) is 0 Å². The highest BCUT2D eigenvalue weighted by molar-refractivity contribution is 5.76. The minimum absolute atomic E-state index is 0.0368. The third kappa shape index (κ3) is 5.20. The van der Waals surface area contributed by atoms with E-state index in [0.717, 1.165) is 17.9 Å². The predicted molar refractivity (Wildman–Crippen MR) is 89.7 cm³/mol. The van der Waals surface area contributed by atoms with Gasteiger partial charge in [0.05, 0.1) is 26.4 Å². The molecule has 1 saturated heterocycles. The maximum atomic E-state index is 12.2. The highest BCUT2D eigenvalue weighted by Gasteiger charge is 2.21. The standard InChI is InChI=1S/C17H27N3O3/c1-20(2)15(14-6-4-5-7-16(14)22-3)11-19-17(21)10-13-12-23-9-8-18-13/h4-7,13,15,18H,8-12H2,1-3H3,(H,19,21). The molecule has 2 atom stereocenters. The van der Waals surface area contributed by atoms with Crippen molar-refractivity contribution in [3.63, 3.8) is 0 Å². The molecular formula is C17H27N3O3. The van der Waals surface area contributed by atoms with Gasteiger partial charge < -0.3 is 25.0 Å². The lowest BCUT2D eigenvalue weighted by Crippen LogP contribution is -2.45. The molecule has 128 valence electrons. The number of amides is 1. The average molecular weight is 321 g/mol. The van der Waals surface area contributed by atoms with E-state index >= 15 is 0 Å². The number of carbonyl (C=O) groups excluding carboxylic acids is 1. The number of ether oxygens (including phenoxy) is 2. The van der Waals surface area contributed by atoms with Crippen molar-refractivity contribution in [2.75, 3.05) is 47.5 Å². The Morgan fingerprint density at radius 1 is 1.48 bits per heavy atom. The van der Waals surface area contributed by atoms with Gasteiger partial charge in [-0.3, -0.25) is 4.79 Å². The number of para-hydroxylation sites is 1. The summed E-state index contributed by atoms with van der Waals surface area (Å²) in [5.41, 5.74) is 1.07. The van der Waals surface area contributed by atoms with Crippen LogP contribution < -0.4 is 15.4 Å². The first-order valence-electron chi connectivity index (χ1n) is 7.99. The van der Waals surface area contributed by atoms with E-state index in [2.05, 4.69) is 15.5 Å². The van der Waals surface area contributed by atoms with Crippen LogP contribution in [0.3, 0.4) is 0 Å². The van der Waals surface area contributed by atoms with Crippen molar-refractivity contribution in [1.82, 2.24) is 15.5 Å². The van der Waals surface area contributed by atoms with Crippen LogP contribution in [0.15, 0.2) is 24.3 Å². The number of nitrogens with one attached hydrogen (secondary N) is 2. The summed E-state index contributed by atoms with van der Waals surface area (Å²) >= 11 is 0. The van der Waals surface area contributed by atoms with Crippen LogP contribution >= 0.6 is 0 Å². The van der Waals surface area contributed by atoms with Gasteiger partial charge in [0.25, 0.3) is 0 Å². The van der Waals surface area contributed by atoms with Crippen molar-refractivity contribution >= 4 is 5.91 Å². The number of likely N-dealkylation sites (N-methyl/N-ethyl adjacent to an activating group) is 1. The van der Waals surface area contributed by atoms with Crippen molar-refractivity contribution in [2.45, 2.75) is 18.5 Å². The van der Waals surface area contributed by atoms with E-state index in [1.54, 1.807) is 7.11 Å². The van der Waals surface area contributed by atoms with E-state index in [9.17, 15) is 4.79 Å². The molecule has 2 rings (SSSR count). The molecule has 1 aromatic rings. The summed E-state index contributed by atoms with van der Waals surface area (Å²) in [7, 11) is 5.67. The van der Waals surface area contributed by atoms with Crippen molar-refractivity contribution in [3.05, 3.63) is 29.8 Å². The van der Waals surface area contributed by atoms with E-state index in [-0.39, 0.29) is 18.0 Å². The molecule has 6 nitrogen and oxygen atoms in total. The first-order valence-corrected chi connectivity index (χ1v) is 7.99. The molecule has 0 radical (unpaired) electrons. The third-order valence-corrected chi connectivity index (χ3v) is 4.04. The van der Waals surface area contributed by atoms with Crippen molar-refractivity contribution < 1.29 is 14.3 Å². The Labute approximate surface area is 138 Å². The Kier molecular flexibility index (Phi) is 6.83. The fourth-order valence-electron chi connectivity index (χ4n) is 2.77. The fraction of sp³-hybridized carbons (Fsp3) is 0.588. The Bertz CT molecular complexity index is 502. The molecule has 0 bridgehead atoms. The summed E-state index contributed by atoms with van der Waals surface area (Å²) in [4.78, 5) is 14.3. The first kappa shape index (κ1) is 17.7. The van der Waals surface area contributed by atoms with Gasteiger partial charge in [-0.1, -0.05) is 18.2 Å². The van der Waals surface area contributed by atoms with Crippen molar-refractivity contribution in [3.8, 4) is 5.75 Å². The van der Waals surface area contributed by atoms with Gasteiger partial charge in [0, 0.05) is 31.1 Å². The Morgan fingerprint density at radius 2 is 2.26 bits per heavy atom. The summed E-state index contributed by atoms with van der Waals surface area (Å²) in [5, 5.41) is 6.32. The predicted octanol–water partition coefficient (Wildman–Crippen LogP) is 0.793. The van der Waals surface area contributed by atoms with Crippen LogP contribution in [0.4, 0.5) is 0 Å². The van der Waals surface area contributed by atoms with Gasteiger partial charge in [0.15, 0.2) is 0 Å². The molecule has 1 amide bonds. The maximum absolute atomic E-state index is 12.2. The monoisotopic (exact) mass is 321 g/mol. The molecule has 23 heavy (non-hydrogen) atoms. The largest absolute Gasteiger partial charge is 0.496 e. The molecule has 0 aliphatic carbocycles. The van der Waals surface area contributed by atoms with Gasteiger partial charge in [0.2, 0.25) is 5.91 Å². The van der Waals surface area contributed by atoms with E-state index in [1.807, 2.05) is 38.4 Å². The molecule has 1 aromatic carbocycles. The van der Waals surface area contributed by atoms with Crippen LogP contribution in [0, 0.1) is 0 Å². The summed E-state index contributed by atoms with van der Waals surface area (Å²) in [6, 6.07) is 8.07. The van der Waals surface area contributed by atoms with E-state index in [1.165, 1.54) is 0 Å². The second kappa shape index (κ2) is 8.86. The molecule has 0 spiro atoms. The van der Waals surface area contributed by atoms with Crippen LogP contribution in [0.5, 0.6) is 5.75 Å². The Balaban J connectivity index is 1.93. The SMILES string of the molecule is COc1ccccc1C(CNC(=O)CC1COCCN1)N(C)C. The molecule has 1 aliphatic rings. The molecular weight excluding hydrogens is 294 g/mol. The maximum Gasteiger partial charge on any atom is 0.221 e. The molecule has 2 N–H and O–H groups in total. The molecule has 2 unspecified atom stereocenters. The third-order valence-electron chi connectivity index (χ3n) is 4.04. The van der Waals surface area contributed by atoms with Crippen LogP contribution in [0.2, 0.25) is 0 Å². The molecule has 1 fully saturated rings. The highest BCUT2D eigenvalue weighted by atomic mass is 16.5. The van der Waals surface area contributed by atoms with Gasteiger partial charge in [-0.05, 0) is 20.2 Å². The number of morpholine rings is 1. The number of hydrogen-bond acceptors (Lipinski definition) is 5. The quantitative estimate of drug-likeness (QED) is 0.777. The molecule has 6 heteroatoms. The highest BCUT2D eigenvalue weighted by Crippen LogP contribution is 2.27. The minimum atomic E-state index is 0.0368. The van der Waals surface area contributed by atoms with E-state index in [0.29, 0.717) is 26.2 Å². The zero-order valence-corrected chi connectivity index (χ0v) is 14.2. The van der Waals surface area contributed by atoms with Crippen LogP contribution in [-0.2, 0) is 9.53 Å². The molecule has 0 aromatic heterocycles. The second-order valence-electron chi connectivity index (χ2n) is 5.96. The summed E-state index contributed by atoms with van der Waals surface area (Å²) < 4.78 is 10.8. The van der Waals surface area contributed by atoms with E-state index < -0.39 is 0 Å². The lowest BCUT2D eigenvalue weighted by atomic mass is 10.0. The van der Waals surface area contributed by atoms with Gasteiger partial charge in [-0.15, -0.1) is 0 Å². The summed E-state index contributed by atoms with van der Waals surface area (Å²) in [6.07, 6.45) is 0.437. The zero-order valence-electron chi connectivity index (χ0n) is 14.2. The van der Waals surface area contributed by atoms with Crippen LogP contribution in [0.25, 0.3) is 0 Å². The van der Waals surface area contributed by atoms with Crippen molar-refractivity contribution in [1.29, 1.82) is 0 Å². The lowest BCUT2D eigenvalue weighted by Gasteiger charge is -2.27. The smallest absolute Gasteiger partial charge is 0.221 e. The van der Waals surface area contributed by atoms with Crippen LogP contribution in [-0.4, -0.2) is 64.4 Å². The molecule has 0 saturated carbocycles. The number of carbonyl (C=O) groups is 1. The fourth-order valence-corrected chi connectivity index (χ4v) is 2.77. The minimum Gasteiger partial charge on any atom is -0.496 e. The molecule has 1 aliphatic heterocycles. The second-order valence-corrected chi connectivity index (χ2v) is 5.96. The normalized spacial score (nSPS) is 19.4. The number of benzene rings is 1. The van der Waals surface area contributed by atoms with Gasteiger partial charge >= 0.3 is 0 Å². The van der Waals surface area contributed by atoms with Crippen LogP contribution in [0.1, 0.15) is 18.0 Å². The van der Waals surface area contributed by atoms with E-state index in [4.69, 9.17) is 9.47 Å². The van der Waals surface area contributed by atoms with Gasteiger partial charge in [0.1, 0.15) is 5.75 Å². The summed E-state index contributed by atoms with van der Waals surface area (Å²) in [5.74, 6) is 0.873. The number of rotatable bonds is 7. The Hall–Kier alpha value is -1.63. The number of methoxy groups -OCH3 is 1. The number of nitrogens with zero attached hydrogens (tertiary/aromatic N) is 1. The first-order chi connectivity index (χ1) is 11.1. The Morgan fingerprint density at radius 3 is 2.91 bits per heavy atom.